The van der Waals surface area contributed by atoms with Crippen LogP contribution in [0.15, 0.2) is 73.3 Å². The average molecular weight is 275 g/mol. The van der Waals surface area contributed by atoms with Crippen molar-refractivity contribution in [1.29, 1.82) is 0 Å². The maximum atomic E-state index is 12.1. The number of benzene rings is 1. The number of hydrogen-bond donors (Lipinski definition) is 1. The molecule has 0 saturated carbocycles. The van der Waals surface area contributed by atoms with E-state index in [4.69, 9.17) is 0 Å². The molecule has 0 bridgehead atoms. The van der Waals surface area contributed by atoms with Gasteiger partial charge in [-0.2, -0.15) is 0 Å². The number of nitrogens with one attached hydrogen (secondary N) is 1. The zero-order valence-electron chi connectivity index (χ0n) is 11.2. The highest BCUT2D eigenvalue weighted by molar-refractivity contribution is 6.04. The Kier molecular flexibility index (Phi) is 3.69. The van der Waals surface area contributed by atoms with E-state index in [-0.39, 0.29) is 5.91 Å². The highest BCUT2D eigenvalue weighted by Crippen LogP contribution is 2.18. The molecular weight excluding hydrogens is 262 g/mol. The van der Waals surface area contributed by atoms with Crippen LogP contribution in [0.1, 0.15) is 10.4 Å². The first kappa shape index (κ1) is 13.0. The molecule has 0 spiro atoms. The van der Waals surface area contributed by atoms with Gasteiger partial charge in [0.1, 0.15) is 0 Å². The van der Waals surface area contributed by atoms with Gasteiger partial charge in [-0.25, -0.2) is 0 Å². The Hall–Kier alpha value is -3.01. The molecule has 0 unspecified atom stereocenters. The van der Waals surface area contributed by atoms with Crippen LogP contribution in [-0.4, -0.2) is 15.9 Å². The molecule has 21 heavy (non-hydrogen) atoms. The van der Waals surface area contributed by atoms with E-state index in [0.29, 0.717) is 11.3 Å². The van der Waals surface area contributed by atoms with Crippen molar-refractivity contribution in [1.82, 2.24) is 9.97 Å². The molecule has 4 nitrogen and oxygen atoms in total. The minimum Gasteiger partial charge on any atom is -0.321 e. The van der Waals surface area contributed by atoms with Gasteiger partial charge in [-0.05, 0) is 41.5 Å². The first-order chi connectivity index (χ1) is 10.3. The number of carbonyl (C=O) groups is 1. The van der Waals surface area contributed by atoms with Crippen molar-refractivity contribution in [3.05, 3.63) is 78.9 Å². The van der Waals surface area contributed by atoms with E-state index >= 15 is 0 Å². The lowest BCUT2D eigenvalue weighted by Gasteiger charge is -2.06. The zero-order chi connectivity index (χ0) is 14.5. The highest BCUT2D eigenvalue weighted by atomic mass is 16.1. The predicted octanol–water partition coefficient (Wildman–Crippen LogP) is 3.40. The Bertz CT molecular complexity index is 725. The fourth-order valence-electron chi connectivity index (χ4n) is 1.99. The molecule has 0 saturated heterocycles. The molecule has 2 heterocycles. The molecular formula is C17H13N3O. The van der Waals surface area contributed by atoms with E-state index in [1.165, 1.54) is 0 Å². The van der Waals surface area contributed by atoms with Gasteiger partial charge in [-0.15, -0.1) is 0 Å². The predicted molar refractivity (Wildman–Crippen MR) is 81.9 cm³/mol. The smallest absolute Gasteiger partial charge is 0.255 e. The van der Waals surface area contributed by atoms with Crippen LogP contribution in [-0.2, 0) is 0 Å². The molecule has 0 radical (unpaired) electrons. The van der Waals surface area contributed by atoms with Crippen molar-refractivity contribution in [2.45, 2.75) is 0 Å². The molecule has 3 rings (SSSR count). The fraction of sp³-hybridized carbons (Fsp3) is 0. The van der Waals surface area contributed by atoms with Crippen molar-refractivity contribution in [2.75, 3.05) is 5.32 Å². The quantitative estimate of drug-likeness (QED) is 0.797. The standard InChI is InChI=1S/C17H13N3O/c21-17(20-16-4-2-10-19-12-16)14-7-5-13(6-8-14)15-3-1-9-18-11-15/h1-12H,(H,20,21). The minimum absolute atomic E-state index is 0.152. The number of rotatable bonds is 3. The average Bonchev–Trinajstić information content (AvgIpc) is 2.57. The molecule has 2 aromatic heterocycles. The van der Waals surface area contributed by atoms with Crippen LogP contribution in [0.25, 0.3) is 11.1 Å². The summed E-state index contributed by atoms with van der Waals surface area (Å²) in [7, 11) is 0. The Morgan fingerprint density at radius 1 is 0.810 bits per heavy atom. The third-order valence-corrected chi connectivity index (χ3v) is 3.06. The van der Waals surface area contributed by atoms with Crippen LogP contribution in [0, 0.1) is 0 Å². The van der Waals surface area contributed by atoms with Gasteiger partial charge in [0.05, 0.1) is 11.9 Å². The van der Waals surface area contributed by atoms with Crippen molar-refractivity contribution < 1.29 is 4.79 Å². The summed E-state index contributed by atoms with van der Waals surface area (Å²) in [6.45, 7) is 0. The van der Waals surface area contributed by atoms with E-state index < -0.39 is 0 Å². The molecule has 0 fully saturated rings. The second-order valence-electron chi connectivity index (χ2n) is 4.51. The van der Waals surface area contributed by atoms with Gasteiger partial charge in [-0.3, -0.25) is 14.8 Å². The molecule has 3 aromatic rings. The summed E-state index contributed by atoms with van der Waals surface area (Å²) in [5.74, 6) is -0.152. The fourth-order valence-corrected chi connectivity index (χ4v) is 1.99. The second kappa shape index (κ2) is 5.96. The lowest BCUT2D eigenvalue weighted by atomic mass is 10.1. The Morgan fingerprint density at radius 2 is 1.52 bits per heavy atom. The van der Waals surface area contributed by atoms with Gasteiger partial charge in [0.2, 0.25) is 0 Å². The topological polar surface area (TPSA) is 54.9 Å². The Morgan fingerprint density at radius 3 is 2.14 bits per heavy atom. The Labute approximate surface area is 122 Å². The van der Waals surface area contributed by atoms with Crippen molar-refractivity contribution in [3.63, 3.8) is 0 Å². The molecule has 102 valence electrons. The summed E-state index contributed by atoms with van der Waals surface area (Å²) in [6.07, 6.45) is 6.81. The summed E-state index contributed by atoms with van der Waals surface area (Å²) in [4.78, 5) is 20.2. The highest BCUT2D eigenvalue weighted by Gasteiger charge is 2.06. The maximum Gasteiger partial charge on any atom is 0.255 e. The molecule has 0 aliphatic heterocycles. The van der Waals surface area contributed by atoms with Gasteiger partial charge >= 0.3 is 0 Å². The van der Waals surface area contributed by atoms with Gasteiger partial charge in [0.25, 0.3) is 5.91 Å². The number of pyridine rings is 2. The molecule has 1 N–H and O–H groups in total. The van der Waals surface area contributed by atoms with Crippen LogP contribution >= 0.6 is 0 Å². The van der Waals surface area contributed by atoms with Crippen LogP contribution in [0.4, 0.5) is 5.69 Å². The van der Waals surface area contributed by atoms with Gasteiger partial charge in [0.15, 0.2) is 0 Å². The molecule has 0 atom stereocenters. The van der Waals surface area contributed by atoms with E-state index in [0.717, 1.165) is 11.1 Å². The van der Waals surface area contributed by atoms with Crippen LogP contribution in [0.5, 0.6) is 0 Å². The summed E-state index contributed by atoms with van der Waals surface area (Å²) < 4.78 is 0. The normalized spacial score (nSPS) is 10.1. The van der Waals surface area contributed by atoms with Crippen molar-refractivity contribution >= 4 is 11.6 Å². The lowest BCUT2D eigenvalue weighted by molar-refractivity contribution is 0.102. The van der Waals surface area contributed by atoms with Crippen LogP contribution in [0.3, 0.4) is 0 Å². The number of amides is 1. The molecule has 4 heteroatoms. The summed E-state index contributed by atoms with van der Waals surface area (Å²) >= 11 is 0. The van der Waals surface area contributed by atoms with Crippen LogP contribution < -0.4 is 5.32 Å². The maximum absolute atomic E-state index is 12.1. The van der Waals surface area contributed by atoms with Gasteiger partial charge < -0.3 is 5.32 Å². The summed E-state index contributed by atoms with van der Waals surface area (Å²) in [5.41, 5.74) is 3.34. The van der Waals surface area contributed by atoms with Crippen molar-refractivity contribution in [2.24, 2.45) is 0 Å². The summed E-state index contributed by atoms with van der Waals surface area (Å²) in [6, 6.07) is 14.9. The van der Waals surface area contributed by atoms with E-state index in [1.54, 1.807) is 49.1 Å². The largest absolute Gasteiger partial charge is 0.321 e. The number of anilines is 1. The molecule has 0 aliphatic carbocycles. The monoisotopic (exact) mass is 275 g/mol. The number of carbonyl (C=O) groups excluding carboxylic acids is 1. The van der Waals surface area contributed by atoms with E-state index in [2.05, 4.69) is 15.3 Å². The second-order valence-corrected chi connectivity index (χ2v) is 4.51. The Balaban J connectivity index is 1.77. The van der Waals surface area contributed by atoms with Gasteiger partial charge in [0, 0.05) is 24.2 Å². The molecule has 1 aromatic carbocycles. The molecule has 0 aliphatic rings. The minimum atomic E-state index is -0.152. The number of aromatic nitrogens is 2. The number of hydrogen-bond acceptors (Lipinski definition) is 3. The summed E-state index contributed by atoms with van der Waals surface area (Å²) in [5, 5.41) is 2.80. The van der Waals surface area contributed by atoms with E-state index in [9.17, 15) is 4.79 Å². The third-order valence-electron chi connectivity index (χ3n) is 3.06. The first-order valence-electron chi connectivity index (χ1n) is 6.55. The lowest BCUT2D eigenvalue weighted by Crippen LogP contribution is -2.11. The zero-order valence-corrected chi connectivity index (χ0v) is 11.2. The van der Waals surface area contributed by atoms with Gasteiger partial charge in [-0.1, -0.05) is 18.2 Å². The van der Waals surface area contributed by atoms with Crippen molar-refractivity contribution in [3.8, 4) is 11.1 Å². The third kappa shape index (κ3) is 3.12. The SMILES string of the molecule is O=C(Nc1cccnc1)c1ccc(-c2cccnc2)cc1. The molecule has 1 amide bonds. The van der Waals surface area contributed by atoms with E-state index in [1.807, 2.05) is 24.3 Å². The first-order valence-corrected chi connectivity index (χ1v) is 6.55. The number of nitrogens with zero attached hydrogens (tertiary/aromatic N) is 2. The van der Waals surface area contributed by atoms with Crippen LogP contribution in [0.2, 0.25) is 0 Å².